The van der Waals surface area contributed by atoms with E-state index in [1.807, 2.05) is 16.8 Å². The van der Waals surface area contributed by atoms with Crippen molar-refractivity contribution in [2.75, 3.05) is 13.1 Å². The van der Waals surface area contributed by atoms with Gasteiger partial charge in [0.15, 0.2) is 5.82 Å². The molecule has 0 bridgehead atoms. The van der Waals surface area contributed by atoms with Gasteiger partial charge in [0, 0.05) is 0 Å². The minimum atomic E-state index is -0.0684. The van der Waals surface area contributed by atoms with Crippen LogP contribution in [0.3, 0.4) is 0 Å². The largest absolute Gasteiger partial charge is 0.296 e. The van der Waals surface area contributed by atoms with Gasteiger partial charge in [-0.3, -0.25) is 4.90 Å². The van der Waals surface area contributed by atoms with Gasteiger partial charge in [-0.15, -0.1) is 5.10 Å². The Kier molecular flexibility index (Phi) is 4.56. The van der Waals surface area contributed by atoms with Gasteiger partial charge in [-0.2, -0.15) is 0 Å². The zero-order valence-electron chi connectivity index (χ0n) is 13.9. The van der Waals surface area contributed by atoms with Crippen LogP contribution in [0.4, 0.5) is 4.39 Å². The standard InChI is InChI=1S/C18H24FN5/c19-17-8-4-3-7-16(17)14-9-11-23(12-10-14)13-18-20-21-22-24(18)15-5-1-2-6-15/h3-4,7-8,14-15H,1-2,5-6,9-13H2. The predicted octanol–water partition coefficient (Wildman–Crippen LogP) is 3.31. The Morgan fingerprint density at radius 2 is 1.79 bits per heavy atom. The third kappa shape index (κ3) is 3.20. The number of tetrazole rings is 1. The highest BCUT2D eigenvalue weighted by Gasteiger charge is 2.26. The summed E-state index contributed by atoms with van der Waals surface area (Å²) in [5, 5.41) is 12.4. The van der Waals surface area contributed by atoms with Crippen molar-refractivity contribution >= 4 is 0 Å². The van der Waals surface area contributed by atoms with E-state index in [-0.39, 0.29) is 5.82 Å². The van der Waals surface area contributed by atoms with Crippen molar-refractivity contribution in [3.63, 3.8) is 0 Å². The fourth-order valence-electron chi connectivity index (χ4n) is 4.16. The van der Waals surface area contributed by atoms with Crippen LogP contribution >= 0.6 is 0 Å². The van der Waals surface area contributed by atoms with Crippen LogP contribution in [0.5, 0.6) is 0 Å². The lowest BCUT2D eigenvalue weighted by Gasteiger charge is -2.32. The smallest absolute Gasteiger partial charge is 0.165 e. The van der Waals surface area contributed by atoms with Crippen molar-refractivity contribution < 1.29 is 4.39 Å². The number of likely N-dealkylation sites (tertiary alicyclic amines) is 1. The van der Waals surface area contributed by atoms with Gasteiger partial charge in [0.2, 0.25) is 0 Å². The molecule has 2 aliphatic rings. The first-order valence-corrected chi connectivity index (χ1v) is 9.05. The van der Waals surface area contributed by atoms with Crippen molar-refractivity contribution in [2.45, 2.75) is 57.0 Å². The average Bonchev–Trinajstić information content (AvgIpc) is 3.27. The zero-order chi connectivity index (χ0) is 16.4. The summed E-state index contributed by atoms with van der Waals surface area (Å²) < 4.78 is 16.0. The molecule has 1 saturated carbocycles. The normalized spacial score (nSPS) is 20.7. The van der Waals surface area contributed by atoms with Crippen LogP contribution in [0.1, 0.15) is 61.9 Å². The van der Waals surface area contributed by atoms with Gasteiger partial charge < -0.3 is 0 Å². The van der Waals surface area contributed by atoms with E-state index in [0.29, 0.717) is 12.0 Å². The number of hydrogen-bond acceptors (Lipinski definition) is 4. The van der Waals surface area contributed by atoms with E-state index < -0.39 is 0 Å². The van der Waals surface area contributed by atoms with Crippen LogP contribution in [-0.4, -0.2) is 38.2 Å². The first-order valence-electron chi connectivity index (χ1n) is 9.05. The van der Waals surface area contributed by atoms with Crippen LogP contribution in [0.15, 0.2) is 24.3 Å². The van der Waals surface area contributed by atoms with Gasteiger partial charge in [0.05, 0.1) is 12.6 Å². The quantitative estimate of drug-likeness (QED) is 0.863. The average molecular weight is 329 g/mol. The second-order valence-electron chi connectivity index (χ2n) is 7.05. The highest BCUT2D eigenvalue weighted by Crippen LogP contribution is 2.31. The van der Waals surface area contributed by atoms with Crippen molar-refractivity contribution in [1.29, 1.82) is 0 Å². The molecular weight excluding hydrogens is 305 g/mol. The maximum atomic E-state index is 14.0. The Hall–Kier alpha value is -1.82. The molecule has 4 rings (SSSR count). The van der Waals surface area contributed by atoms with Gasteiger partial charge in [0.1, 0.15) is 5.82 Å². The molecule has 0 unspecified atom stereocenters. The van der Waals surface area contributed by atoms with E-state index >= 15 is 0 Å². The van der Waals surface area contributed by atoms with Gasteiger partial charge in [-0.1, -0.05) is 31.0 Å². The number of aromatic nitrogens is 4. The summed E-state index contributed by atoms with van der Waals surface area (Å²) in [5.74, 6) is 1.24. The third-order valence-corrected chi connectivity index (χ3v) is 5.53. The molecule has 0 amide bonds. The minimum Gasteiger partial charge on any atom is -0.296 e. The molecule has 1 aromatic carbocycles. The Labute approximate surface area is 141 Å². The molecule has 0 radical (unpaired) electrons. The molecule has 1 saturated heterocycles. The summed E-state index contributed by atoms with van der Waals surface area (Å²) >= 11 is 0. The molecular formula is C18H24FN5. The van der Waals surface area contributed by atoms with Crippen LogP contribution in [0.2, 0.25) is 0 Å². The zero-order valence-corrected chi connectivity index (χ0v) is 13.9. The highest BCUT2D eigenvalue weighted by molar-refractivity contribution is 5.22. The molecule has 5 nitrogen and oxygen atoms in total. The van der Waals surface area contributed by atoms with Gasteiger partial charge in [-0.25, -0.2) is 9.07 Å². The summed E-state index contributed by atoms with van der Waals surface area (Å²) in [4.78, 5) is 2.40. The van der Waals surface area contributed by atoms with Crippen LogP contribution in [-0.2, 0) is 6.54 Å². The van der Waals surface area contributed by atoms with E-state index in [0.717, 1.165) is 43.9 Å². The van der Waals surface area contributed by atoms with Crippen LogP contribution < -0.4 is 0 Å². The Balaban J connectivity index is 1.37. The SMILES string of the molecule is Fc1ccccc1C1CCN(Cc2nnnn2C2CCCC2)CC1. The molecule has 0 atom stereocenters. The molecule has 2 heterocycles. The summed E-state index contributed by atoms with van der Waals surface area (Å²) in [6.45, 7) is 2.74. The number of halogens is 1. The maximum Gasteiger partial charge on any atom is 0.165 e. The molecule has 6 heteroatoms. The number of benzene rings is 1. The van der Waals surface area contributed by atoms with E-state index in [1.165, 1.54) is 25.7 Å². The van der Waals surface area contributed by atoms with Crippen LogP contribution in [0, 0.1) is 5.82 Å². The molecule has 1 aliphatic carbocycles. The van der Waals surface area contributed by atoms with E-state index in [9.17, 15) is 4.39 Å². The summed E-state index contributed by atoms with van der Waals surface area (Å²) in [5.41, 5.74) is 0.868. The van der Waals surface area contributed by atoms with Crippen molar-refractivity contribution in [3.8, 4) is 0 Å². The number of piperidine rings is 1. The molecule has 2 fully saturated rings. The minimum absolute atomic E-state index is 0.0684. The van der Waals surface area contributed by atoms with Crippen molar-refractivity contribution in [1.82, 2.24) is 25.1 Å². The molecule has 1 aromatic heterocycles. The first kappa shape index (κ1) is 15.7. The predicted molar refractivity (Wildman–Crippen MR) is 89.0 cm³/mol. The van der Waals surface area contributed by atoms with Crippen molar-refractivity contribution in [3.05, 3.63) is 41.5 Å². The topological polar surface area (TPSA) is 46.8 Å². The Bertz CT molecular complexity index is 672. The van der Waals surface area contributed by atoms with E-state index in [2.05, 4.69) is 20.4 Å². The molecule has 0 N–H and O–H groups in total. The van der Waals surface area contributed by atoms with E-state index in [4.69, 9.17) is 0 Å². The highest BCUT2D eigenvalue weighted by atomic mass is 19.1. The second kappa shape index (κ2) is 6.97. The van der Waals surface area contributed by atoms with Gasteiger partial charge in [-0.05, 0) is 66.7 Å². The second-order valence-corrected chi connectivity index (χ2v) is 7.05. The molecule has 24 heavy (non-hydrogen) atoms. The Morgan fingerprint density at radius 3 is 2.54 bits per heavy atom. The number of hydrogen-bond donors (Lipinski definition) is 0. The van der Waals surface area contributed by atoms with Gasteiger partial charge in [0.25, 0.3) is 0 Å². The molecule has 128 valence electrons. The Morgan fingerprint density at radius 1 is 1.04 bits per heavy atom. The summed E-state index contributed by atoms with van der Waals surface area (Å²) in [6.07, 6.45) is 6.91. The summed E-state index contributed by atoms with van der Waals surface area (Å²) in [6, 6.07) is 7.66. The number of nitrogens with zero attached hydrogens (tertiary/aromatic N) is 5. The van der Waals surface area contributed by atoms with E-state index in [1.54, 1.807) is 12.1 Å². The van der Waals surface area contributed by atoms with Crippen molar-refractivity contribution in [2.24, 2.45) is 0 Å². The lowest BCUT2D eigenvalue weighted by atomic mass is 9.89. The third-order valence-electron chi connectivity index (χ3n) is 5.53. The molecule has 0 spiro atoms. The molecule has 1 aliphatic heterocycles. The van der Waals surface area contributed by atoms with Crippen LogP contribution in [0.25, 0.3) is 0 Å². The monoisotopic (exact) mass is 329 g/mol. The molecule has 2 aromatic rings. The summed E-state index contributed by atoms with van der Waals surface area (Å²) in [7, 11) is 0. The lowest BCUT2D eigenvalue weighted by molar-refractivity contribution is 0.193. The maximum absolute atomic E-state index is 14.0. The fraction of sp³-hybridized carbons (Fsp3) is 0.611. The first-order chi connectivity index (χ1) is 11.8. The fourth-order valence-corrected chi connectivity index (χ4v) is 4.16. The number of rotatable bonds is 4. The van der Waals surface area contributed by atoms with Gasteiger partial charge >= 0.3 is 0 Å². The lowest BCUT2D eigenvalue weighted by Crippen LogP contribution is -2.34.